The first-order valence-electron chi connectivity index (χ1n) is 7.30. The van der Waals surface area contributed by atoms with Crippen LogP contribution in [0.1, 0.15) is 18.9 Å². The van der Waals surface area contributed by atoms with E-state index in [1.807, 2.05) is 31.2 Å². The summed E-state index contributed by atoms with van der Waals surface area (Å²) in [5.74, 6) is -0.0461. The monoisotopic (exact) mass is 322 g/mol. The van der Waals surface area contributed by atoms with Crippen LogP contribution in [0.4, 0.5) is 5.69 Å². The first-order valence-corrected chi connectivity index (χ1v) is 9.15. The quantitative estimate of drug-likeness (QED) is 0.751. The van der Waals surface area contributed by atoms with Crippen molar-refractivity contribution < 1.29 is 13.2 Å². The Morgan fingerprint density at radius 2 is 2.14 bits per heavy atom. The molecule has 0 saturated heterocycles. The minimum Gasteiger partial charge on any atom is -0.309 e. The molecule has 1 aliphatic heterocycles. The van der Waals surface area contributed by atoms with Crippen LogP contribution < -0.4 is 4.90 Å². The summed E-state index contributed by atoms with van der Waals surface area (Å²) in [4.78, 5) is 14.3. The molecule has 120 valence electrons. The SMILES string of the molecule is C=CCN(CCC(=O)N1c2ccccc2CC1C)S(C)(=O)=O. The van der Waals surface area contributed by atoms with Crippen molar-refractivity contribution in [3.05, 3.63) is 42.5 Å². The Balaban J connectivity index is 2.08. The molecule has 0 N–H and O–H groups in total. The van der Waals surface area contributed by atoms with E-state index in [0.717, 1.165) is 23.9 Å². The van der Waals surface area contributed by atoms with E-state index in [0.29, 0.717) is 0 Å². The lowest BCUT2D eigenvalue weighted by Crippen LogP contribution is -2.39. The van der Waals surface area contributed by atoms with Gasteiger partial charge in [0.1, 0.15) is 0 Å². The largest absolute Gasteiger partial charge is 0.309 e. The molecule has 0 aromatic heterocycles. The van der Waals surface area contributed by atoms with Crippen molar-refractivity contribution in [3.63, 3.8) is 0 Å². The minimum absolute atomic E-state index is 0.0461. The van der Waals surface area contributed by atoms with E-state index in [9.17, 15) is 13.2 Å². The van der Waals surface area contributed by atoms with Crippen LogP contribution in [0.25, 0.3) is 0 Å². The van der Waals surface area contributed by atoms with Gasteiger partial charge in [0, 0.05) is 31.2 Å². The number of para-hydroxylation sites is 1. The predicted octanol–water partition coefficient (Wildman–Crippen LogP) is 1.80. The summed E-state index contributed by atoms with van der Waals surface area (Å²) < 4.78 is 24.6. The average molecular weight is 322 g/mol. The van der Waals surface area contributed by atoms with Crippen LogP contribution >= 0.6 is 0 Å². The van der Waals surface area contributed by atoms with Crippen LogP contribution in [0.15, 0.2) is 36.9 Å². The third-order valence-electron chi connectivity index (χ3n) is 3.85. The Kier molecular flexibility index (Phi) is 5.03. The van der Waals surface area contributed by atoms with Crippen LogP contribution in [0, 0.1) is 0 Å². The molecule has 1 aromatic rings. The summed E-state index contributed by atoms with van der Waals surface area (Å²) in [5.41, 5.74) is 2.10. The molecule has 5 nitrogen and oxygen atoms in total. The Bertz CT molecular complexity index is 670. The average Bonchev–Trinajstić information content (AvgIpc) is 2.77. The second kappa shape index (κ2) is 6.62. The van der Waals surface area contributed by atoms with Gasteiger partial charge >= 0.3 is 0 Å². The molecule has 1 heterocycles. The van der Waals surface area contributed by atoms with E-state index in [2.05, 4.69) is 6.58 Å². The summed E-state index contributed by atoms with van der Waals surface area (Å²) in [6.07, 6.45) is 3.68. The third kappa shape index (κ3) is 3.56. The fourth-order valence-corrected chi connectivity index (χ4v) is 3.62. The van der Waals surface area contributed by atoms with E-state index in [-0.39, 0.29) is 31.5 Å². The van der Waals surface area contributed by atoms with Crippen molar-refractivity contribution in [2.24, 2.45) is 0 Å². The lowest BCUT2D eigenvalue weighted by molar-refractivity contribution is -0.119. The van der Waals surface area contributed by atoms with Crippen LogP contribution in [0.5, 0.6) is 0 Å². The predicted molar refractivity (Wildman–Crippen MR) is 88.3 cm³/mol. The van der Waals surface area contributed by atoms with Gasteiger partial charge in [-0.05, 0) is 25.0 Å². The number of carbonyl (C=O) groups excluding carboxylic acids is 1. The van der Waals surface area contributed by atoms with E-state index >= 15 is 0 Å². The van der Waals surface area contributed by atoms with Gasteiger partial charge < -0.3 is 4.90 Å². The molecule has 1 unspecified atom stereocenters. The number of nitrogens with zero attached hydrogens (tertiary/aromatic N) is 2. The summed E-state index contributed by atoms with van der Waals surface area (Å²) >= 11 is 0. The fourth-order valence-electron chi connectivity index (χ4n) is 2.82. The summed E-state index contributed by atoms with van der Waals surface area (Å²) in [6.45, 7) is 5.96. The molecule has 1 atom stereocenters. The zero-order chi connectivity index (χ0) is 16.3. The highest BCUT2D eigenvalue weighted by Gasteiger charge is 2.30. The van der Waals surface area contributed by atoms with Crippen molar-refractivity contribution in [2.75, 3.05) is 24.2 Å². The molecule has 6 heteroatoms. The van der Waals surface area contributed by atoms with Crippen molar-refractivity contribution in [3.8, 4) is 0 Å². The van der Waals surface area contributed by atoms with Gasteiger partial charge in [-0.2, -0.15) is 4.31 Å². The molecular formula is C16H22N2O3S. The number of amides is 1. The molecule has 1 amide bonds. The number of hydrogen-bond donors (Lipinski definition) is 0. The van der Waals surface area contributed by atoms with Crippen LogP contribution in [-0.2, 0) is 21.2 Å². The Labute approximate surface area is 132 Å². The van der Waals surface area contributed by atoms with Gasteiger partial charge in [0.2, 0.25) is 15.9 Å². The third-order valence-corrected chi connectivity index (χ3v) is 5.12. The minimum atomic E-state index is -3.33. The Hall–Kier alpha value is -1.66. The number of hydrogen-bond acceptors (Lipinski definition) is 3. The molecular weight excluding hydrogens is 300 g/mol. The maximum absolute atomic E-state index is 12.5. The summed E-state index contributed by atoms with van der Waals surface area (Å²) in [5, 5.41) is 0. The second-order valence-corrected chi connectivity index (χ2v) is 7.59. The van der Waals surface area contributed by atoms with E-state index in [1.54, 1.807) is 4.90 Å². The molecule has 0 radical (unpaired) electrons. The van der Waals surface area contributed by atoms with Gasteiger partial charge in [0.15, 0.2) is 0 Å². The van der Waals surface area contributed by atoms with Crippen molar-refractivity contribution in [1.82, 2.24) is 4.31 Å². The summed E-state index contributed by atoms with van der Waals surface area (Å²) in [7, 11) is -3.33. The van der Waals surface area contributed by atoms with Gasteiger partial charge in [0.05, 0.1) is 6.26 Å². The molecule has 22 heavy (non-hydrogen) atoms. The number of carbonyl (C=O) groups is 1. The van der Waals surface area contributed by atoms with Crippen molar-refractivity contribution in [2.45, 2.75) is 25.8 Å². The number of fused-ring (bicyclic) bond motifs is 1. The van der Waals surface area contributed by atoms with Gasteiger partial charge in [-0.1, -0.05) is 24.3 Å². The van der Waals surface area contributed by atoms with E-state index in [4.69, 9.17) is 0 Å². The second-order valence-electron chi connectivity index (χ2n) is 5.61. The number of rotatable bonds is 6. The van der Waals surface area contributed by atoms with Gasteiger partial charge in [-0.25, -0.2) is 8.42 Å². The molecule has 1 aromatic carbocycles. The smallest absolute Gasteiger partial charge is 0.228 e. The zero-order valence-corrected chi connectivity index (χ0v) is 13.8. The normalized spacial score (nSPS) is 17.6. The highest BCUT2D eigenvalue weighted by Crippen LogP contribution is 2.32. The molecule has 2 rings (SSSR count). The number of anilines is 1. The Morgan fingerprint density at radius 1 is 1.45 bits per heavy atom. The highest BCUT2D eigenvalue weighted by atomic mass is 32.2. The maximum atomic E-state index is 12.5. The summed E-state index contributed by atoms with van der Waals surface area (Å²) in [6, 6.07) is 7.96. The van der Waals surface area contributed by atoms with Gasteiger partial charge in [0.25, 0.3) is 0 Å². The van der Waals surface area contributed by atoms with Crippen LogP contribution in [0.3, 0.4) is 0 Å². The topological polar surface area (TPSA) is 57.7 Å². The lowest BCUT2D eigenvalue weighted by Gasteiger charge is -2.24. The first-order chi connectivity index (χ1) is 10.3. The lowest BCUT2D eigenvalue weighted by atomic mass is 10.1. The molecule has 0 bridgehead atoms. The van der Waals surface area contributed by atoms with Crippen LogP contribution in [0.2, 0.25) is 0 Å². The zero-order valence-electron chi connectivity index (χ0n) is 13.0. The first kappa shape index (κ1) is 16.7. The van der Waals surface area contributed by atoms with Crippen molar-refractivity contribution in [1.29, 1.82) is 0 Å². The highest BCUT2D eigenvalue weighted by molar-refractivity contribution is 7.88. The van der Waals surface area contributed by atoms with E-state index in [1.165, 1.54) is 10.4 Å². The van der Waals surface area contributed by atoms with Gasteiger partial charge in [-0.15, -0.1) is 6.58 Å². The molecule has 1 aliphatic rings. The standard InChI is InChI=1S/C16H22N2O3S/c1-4-10-17(22(3,20)21)11-9-16(19)18-13(2)12-14-7-5-6-8-15(14)18/h4-8,13H,1,9-12H2,2-3H3. The van der Waals surface area contributed by atoms with Crippen molar-refractivity contribution >= 4 is 21.6 Å². The molecule has 0 fully saturated rings. The molecule has 0 spiro atoms. The maximum Gasteiger partial charge on any atom is 0.228 e. The van der Waals surface area contributed by atoms with Gasteiger partial charge in [-0.3, -0.25) is 4.79 Å². The number of sulfonamides is 1. The molecule has 0 saturated carbocycles. The van der Waals surface area contributed by atoms with E-state index < -0.39 is 10.0 Å². The van der Waals surface area contributed by atoms with Crippen LogP contribution in [-0.4, -0.2) is 44.0 Å². The fraction of sp³-hybridized carbons (Fsp3) is 0.438. The number of benzene rings is 1. The molecule has 0 aliphatic carbocycles. The Morgan fingerprint density at radius 3 is 2.77 bits per heavy atom.